The molecule has 0 aromatic heterocycles. The van der Waals surface area contributed by atoms with Crippen LogP contribution in [0.15, 0.2) is 16.6 Å². The van der Waals surface area contributed by atoms with Crippen LogP contribution in [0.3, 0.4) is 0 Å². The van der Waals surface area contributed by atoms with Gasteiger partial charge in [0.25, 0.3) is 0 Å². The van der Waals surface area contributed by atoms with Crippen molar-refractivity contribution in [2.45, 2.75) is 25.8 Å². The van der Waals surface area contributed by atoms with Crippen LogP contribution < -0.4 is 5.32 Å². The Balaban J connectivity index is 2.10. The molecule has 0 saturated carbocycles. The number of nitrogens with zero attached hydrogens (tertiary/aromatic N) is 1. The average Bonchev–Trinajstić information content (AvgIpc) is 2.45. The largest absolute Gasteiger partial charge is 0.381 e. The van der Waals surface area contributed by atoms with Crippen molar-refractivity contribution >= 4 is 21.6 Å². The fraction of sp³-hybridized carbons (Fsp3) is 0.500. The maximum atomic E-state index is 14.1. The van der Waals surface area contributed by atoms with E-state index in [0.29, 0.717) is 17.2 Å². The lowest BCUT2D eigenvalue weighted by Crippen LogP contribution is -2.31. The smallest absolute Gasteiger partial charge is 0.161 e. The topological polar surface area (TPSA) is 45.0 Å². The summed E-state index contributed by atoms with van der Waals surface area (Å²) in [4.78, 5) is 0. The van der Waals surface area contributed by atoms with Crippen LogP contribution in [-0.4, -0.2) is 19.3 Å². The molecule has 0 aliphatic carbocycles. The van der Waals surface area contributed by atoms with Crippen LogP contribution in [0.25, 0.3) is 0 Å². The Hall–Kier alpha value is -1.12. The Labute approximate surface area is 120 Å². The summed E-state index contributed by atoms with van der Waals surface area (Å²) in [6.07, 6.45) is 1.99. The number of halogens is 2. The number of hydrogen-bond acceptors (Lipinski definition) is 3. The lowest BCUT2D eigenvalue weighted by molar-refractivity contribution is 0.0622. The van der Waals surface area contributed by atoms with Gasteiger partial charge in [0.05, 0.1) is 15.7 Å². The van der Waals surface area contributed by atoms with Gasteiger partial charge in [0.2, 0.25) is 0 Å². The number of nitriles is 1. The van der Waals surface area contributed by atoms with Crippen LogP contribution in [0.4, 0.5) is 10.1 Å². The number of rotatable bonds is 3. The molecule has 0 radical (unpaired) electrons. The number of anilines is 1. The zero-order valence-corrected chi connectivity index (χ0v) is 12.3. The highest BCUT2D eigenvalue weighted by molar-refractivity contribution is 9.10. The number of ether oxygens (including phenoxy) is 1. The minimum atomic E-state index is -0.405. The molecule has 1 aromatic rings. The molecule has 0 amide bonds. The molecule has 0 bridgehead atoms. The maximum Gasteiger partial charge on any atom is 0.161 e. The van der Waals surface area contributed by atoms with Crippen LogP contribution in [0, 0.1) is 23.1 Å². The van der Waals surface area contributed by atoms with E-state index >= 15 is 0 Å². The molecular formula is C14H16BrFN2O. The lowest BCUT2D eigenvalue weighted by atomic mass is 9.93. The van der Waals surface area contributed by atoms with Crippen molar-refractivity contribution in [2.75, 3.05) is 18.5 Å². The second-order valence-electron chi connectivity index (χ2n) is 4.78. The highest BCUT2D eigenvalue weighted by atomic mass is 79.9. The monoisotopic (exact) mass is 326 g/mol. The van der Waals surface area contributed by atoms with Gasteiger partial charge < -0.3 is 10.1 Å². The van der Waals surface area contributed by atoms with Crippen molar-refractivity contribution in [1.29, 1.82) is 5.26 Å². The molecule has 102 valence electrons. The highest BCUT2D eigenvalue weighted by Gasteiger charge is 2.21. The molecule has 19 heavy (non-hydrogen) atoms. The first-order valence-electron chi connectivity index (χ1n) is 6.36. The van der Waals surface area contributed by atoms with E-state index in [1.54, 1.807) is 12.1 Å². The van der Waals surface area contributed by atoms with E-state index in [2.05, 4.69) is 28.2 Å². The maximum absolute atomic E-state index is 14.1. The lowest BCUT2D eigenvalue weighted by Gasteiger charge is -2.29. The van der Waals surface area contributed by atoms with Gasteiger partial charge in [0.15, 0.2) is 5.82 Å². The Morgan fingerprint density at radius 3 is 2.79 bits per heavy atom. The van der Waals surface area contributed by atoms with Gasteiger partial charge in [-0.05, 0) is 53.7 Å². The van der Waals surface area contributed by atoms with Gasteiger partial charge in [-0.15, -0.1) is 0 Å². The summed E-state index contributed by atoms with van der Waals surface area (Å²) >= 11 is 3.12. The molecule has 1 heterocycles. The zero-order chi connectivity index (χ0) is 13.8. The summed E-state index contributed by atoms with van der Waals surface area (Å²) < 4.78 is 19.6. The molecule has 5 heteroatoms. The number of benzene rings is 1. The molecule has 1 aromatic carbocycles. The first-order valence-corrected chi connectivity index (χ1v) is 7.15. The number of nitrogens with one attached hydrogen (secondary N) is 1. The minimum Gasteiger partial charge on any atom is -0.381 e. The molecule has 2 rings (SSSR count). The van der Waals surface area contributed by atoms with Crippen LogP contribution in [0.5, 0.6) is 0 Å². The van der Waals surface area contributed by atoms with Crippen molar-refractivity contribution in [3.63, 3.8) is 0 Å². The second kappa shape index (κ2) is 6.36. The zero-order valence-electron chi connectivity index (χ0n) is 10.7. The van der Waals surface area contributed by atoms with Crippen LogP contribution in [0.2, 0.25) is 0 Å². The van der Waals surface area contributed by atoms with E-state index in [-0.39, 0.29) is 10.5 Å². The van der Waals surface area contributed by atoms with Gasteiger partial charge in [0, 0.05) is 19.3 Å². The van der Waals surface area contributed by atoms with E-state index in [1.807, 2.05) is 6.07 Å². The molecule has 1 unspecified atom stereocenters. The third-order valence-electron chi connectivity index (χ3n) is 3.56. The highest BCUT2D eigenvalue weighted by Crippen LogP contribution is 2.29. The van der Waals surface area contributed by atoms with Gasteiger partial charge >= 0.3 is 0 Å². The predicted octanol–water partition coefficient (Wildman–Crippen LogP) is 3.69. The summed E-state index contributed by atoms with van der Waals surface area (Å²) in [6.45, 7) is 3.61. The predicted molar refractivity (Wildman–Crippen MR) is 75.4 cm³/mol. The first kappa shape index (κ1) is 14.3. The fourth-order valence-electron chi connectivity index (χ4n) is 2.33. The van der Waals surface area contributed by atoms with E-state index in [4.69, 9.17) is 10.00 Å². The Bertz CT molecular complexity index is 495. The van der Waals surface area contributed by atoms with Crippen molar-refractivity contribution < 1.29 is 9.13 Å². The minimum absolute atomic E-state index is 0.179. The normalized spacial score (nSPS) is 17.8. The van der Waals surface area contributed by atoms with Crippen molar-refractivity contribution in [2.24, 2.45) is 5.92 Å². The third-order valence-corrected chi connectivity index (χ3v) is 4.33. The van der Waals surface area contributed by atoms with Gasteiger partial charge in [0.1, 0.15) is 6.07 Å². The number of hydrogen-bond donors (Lipinski definition) is 1. The molecule has 1 atom stereocenters. The van der Waals surface area contributed by atoms with Crippen molar-refractivity contribution in [3.8, 4) is 6.07 Å². The van der Waals surface area contributed by atoms with Crippen molar-refractivity contribution in [3.05, 3.63) is 28.0 Å². The van der Waals surface area contributed by atoms with Gasteiger partial charge in [-0.2, -0.15) is 5.26 Å². The fourth-order valence-corrected chi connectivity index (χ4v) is 2.76. The van der Waals surface area contributed by atoms with Crippen molar-refractivity contribution in [1.82, 2.24) is 0 Å². The second-order valence-corrected chi connectivity index (χ2v) is 5.58. The summed E-state index contributed by atoms with van der Waals surface area (Å²) in [6, 6.07) is 5.36. The first-order chi connectivity index (χ1) is 9.13. The Kier molecular flexibility index (Phi) is 4.78. The average molecular weight is 327 g/mol. The standard InChI is InChI=1S/C14H16BrFN2O/c1-9(10-4-6-19-7-5-10)18-12-3-2-11(8-17)13(15)14(12)16/h2-3,9-10,18H,4-7H2,1H3. The van der Waals surface area contributed by atoms with Gasteiger partial charge in [-0.1, -0.05) is 0 Å². The van der Waals surface area contributed by atoms with Crippen LogP contribution >= 0.6 is 15.9 Å². The molecule has 1 saturated heterocycles. The Morgan fingerprint density at radius 2 is 2.16 bits per heavy atom. The van der Waals surface area contributed by atoms with Crippen LogP contribution in [0.1, 0.15) is 25.3 Å². The SMILES string of the molecule is CC(Nc1ccc(C#N)c(Br)c1F)C1CCOCC1. The summed E-state index contributed by atoms with van der Waals surface area (Å²) in [5, 5.41) is 12.0. The quantitative estimate of drug-likeness (QED) is 0.921. The summed E-state index contributed by atoms with van der Waals surface area (Å²) in [7, 11) is 0. The van der Waals surface area contributed by atoms with Gasteiger partial charge in [-0.25, -0.2) is 4.39 Å². The van der Waals surface area contributed by atoms with E-state index in [9.17, 15) is 4.39 Å². The molecular weight excluding hydrogens is 311 g/mol. The third kappa shape index (κ3) is 3.26. The molecule has 1 N–H and O–H groups in total. The molecule has 3 nitrogen and oxygen atoms in total. The van der Waals surface area contributed by atoms with E-state index in [1.165, 1.54) is 0 Å². The molecule has 0 spiro atoms. The molecule has 1 aliphatic rings. The van der Waals surface area contributed by atoms with Crippen LogP contribution in [-0.2, 0) is 4.74 Å². The summed E-state index contributed by atoms with van der Waals surface area (Å²) in [5.74, 6) is 0.0838. The summed E-state index contributed by atoms with van der Waals surface area (Å²) in [5.41, 5.74) is 0.742. The van der Waals surface area contributed by atoms with E-state index < -0.39 is 5.82 Å². The molecule has 1 fully saturated rings. The Morgan fingerprint density at radius 1 is 1.47 bits per heavy atom. The molecule has 1 aliphatic heterocycles. The van der Waals surface area contributed by atoms with E-state index in [0.717, 1.165) is 26.1 Å². The van der Waals surface area contributed by atoms with Gasteiger partial charge in [-0.3, -0.25) is 0 Å².